The van der Waals surface area contributed by atoms with E-state index in [-0.39, 0.29) is 29.0 Å². The van der Waals surface area contributed by atoms with E-state index in [9.17, 15) is 20.1 Å². The van der Waals surface area contributed by atoms with Crippen molar-refractivity contribution in [3.05, 3.63) is 11.6 Å². The zero-order chi connectivity index (χ0) is 32.6. The molecular formula is C37H68N4O4. The molecule has 0 radical (unpaired) electrons. The first-order chi connectivity index (χ1) is 21.5. The van der Waals surface area contributed by atoms with Gasteiger partial charge in [-0.25, -0.2) is 4.79 Å². The molecule has 0 heterocycles. The highest BCUT2D eigenvalue weighted by Gasteiger charge is 2.65. The summed E-state index contributed by atoms with van der Waals surface area (Å²) in [6.07, 6.45) is 15.0. The molecule has 8 heteroatoms. The first-order valence-electron chi connectivity index (χ1n) is 18.6. The van der Waals surface area contributed by atoms with E-state index in [2.05, 4.69) is 36.7 Å². The van der Waals surface area contributed by atoms with E-state index >= 15 is 0 Å². The lowest BCUT2D eigenvalue weighted by Crippen LogP contribution is -2.62. The number of aliphatic carboxylic acids is 1. The normalized spacial score (nSPS) is 38.8. The molecule has 8 N–H and O–H groups in total. The van der Waals surface area contributed by atoms with E-state index in [0.717, 1.165) is 97.1 Å². The Balaban J connectivity index is 1.24. The lowest BCUT2D eigenvalue weighted by Gasteiger charge is -2.63. The van der Waals surface area contributed by atoms with Crippen LogP contribution < -0.4 is 21.7 Å². The van der Waals surface area contributed by atoms with Crippen LogP contribution in [-0.2, 0) is 4.79 Å². The van der Waals surface area contributed by atoms with Crippen molar-refractivity contribution >= 4 is 5.97 Å². The highest BCUT2D eigenvalue weighted by molar-refractivity contribution is 5.85. The number of allylic oxidation sites excluding steroid dienone is 1. The molecule has 0 bridgehead atoms. The number of unbranched alkanes of at least 4 members (excludes halogenated alkanes) is 1. The van der Waals surface area contributed by atoms with Crippen LogP contribution in [0, 0.1) is 46.3 Å². The number of fused-ring (bicyclic) bond motifs is 5. The van der Waals surface area contributed by atoms with Crippen molar-refractivity contribution in [3.8, 4) is 0 Å². The van der Waals surface area contributed by atoms with Crippen LogP contribution in [0.4, 0.5) is 0 Å². The van der Waals surface area contributed by atoms with Gasteiger partial charge in [-0.3, -0.25) is 0 Å². The summed E-state index contributed by atoms with van der Waals surface area (Å²) in [4.78, 5) is 11.2. The van der Waals surface area contributed by atoms with E-state index in [1.165, 1.54) is 25.7 Å². The first-order valence-corrected chi connectivity index (χ1v) is 18.6. The summed E-state index contributed by atoms with van der Waals surface area (Å²) in [5.41, 5.74) is 5.96. The molecule has 0 amide bonds. The summed E-state index contributed by atoms with van der Waals surface area (Å²) in [5.74, 6) is 1.52. The first kappa shape index (κ1) is 36.8. The molecule has 0 aromatic heterocycles. The molecule has 4 saturated carbocycles. The highest BCUT2D eigenvalue weighted by Crippen LogP contribution is 2.68. The third-order valence-electron chi connectivity index (χ3n) is 13.4. The van der Waals surface area contributed by atoms with Crippen LogP contribution in [0.3, 0.4) is 0 Å². The summed E-state index contributed by atoms with van der Waals surface area (Å²) < 4.78 is 0. The molecule has 11 atom stereocenters. The van der Waals surface area contributed by atoms with E-state index < -0.39 is 5.97 Å². The van der Waals surface area contributed by atoms with Gasteiger partial charge in [-0.2, -0.15) is 0 Å². The number of aliphatic hydroxyl groups is 2. The molecule has 0 aliphatic heterocycles. The summed E-state index contributed by atoms with van der Waals surface area (Å²) in [6, 6.07) is 0.528. The van der Waals surface area contributed by atoms with Crippen LogP contribution in [-0.4, -0.2) is 78.8 Å². The number of carboxylic acid groups (broad SMARTS) is 1. The smallest absolute Gasteiger partial charge is 0.330 e. The number of nitrogens with two attached hydrogens (primary N) is 1. The molecule has 4 unspecified atom stereocenters. The van der Waals surface area contributed by atoms with Crippen LogP contribution in [0.2, 0.25) is 0 Å². The highest BCUT2D eigenvalue weighted by atomic mass is 16.4. The minimum Gasteiger partial charge on any atom is -0.478 e. The van der Waals surface area contributed by atoms with Crippen molar-refractivity contribution in [1.82, 2.24) is 16.0 Å². The van der Waals surface area contributed by atoms with Gasteiger partial charge in [0.15, 0.2) is 0 Å². The summed E-state index contributed by atoms with van der Waals surface area (Å²) in [7, 11) is 0. The van der Waals surface area contributed by atoms with E-state index in [1.54, 1.807) is 6.92 Å². The summed E-state index contributed by atoms with van der Waals surface area (Å²) in [6.45, 7) is 14.8. The minimum atomic E-state index is -0.843. The standard InChI is InChI=1S/C37H68N4O4/c1-25(10-7-11-26(2)35(44)45)29-12-13-30-34-31(24-33(43)37(29,30)4)36(3)15-14-28(22-27(36)23-32(34)42)41-21-9-20-40-18-6-5-17-39-19-8-16-38/h11,25,27-34,39-43H,5-10,12-24,38H2,1-4H3,(H,44,45)/b26-11+/t25-,27-,28+,29-,30?,31?,32-,33?,34?,36+,37-/m1/s1. The van der Waals surface area contributed by atoms with Crippen LogP contribution in [0.5, 0.6) is 0 Å². The maximum Gasteiger partial charge on any atom is 0.330 e. The molecule has 4 aliphatic rings. The number of carbonyl (C=O) groups is 1. The summed E-state index contributed by atoms with van der Waals surface area (Å²) >= 11 is 0. The third-order valence-corrected chi connectivity index (χ3v) is 13.4. The molecule has 45 heavy (non-hydrogen) atoms. The Morgan fingerprint density at radius 3 is 2.31 bits per heavy atom. The quantitative estimate of drug-likeness (QED) is 0.0853. The Morgan fingerprint density at radius 1 is 0.933 bits per heavy atom. The van der Waals surface area contributed by atoms with Gasteiger partial charge in [0.25, 0.3) is 0 Å². The summed E-state index contributed by atoms with van der Waals surface area (Å²) in [5, 5.41) is 43.8. The maximum atomic E-state index is 11.9. The minimum absolute atomic E-state index is 0.176. The lowest BCUT2D eigenvalue weighted by atomic mass is 9.43. The predicted molar refractivity (Wildman–Crippen MR) is 183 cm³/mol. The van der Waals surface area contributed by atoms with Gasteiger partial charge in [0, 0.05) is 11.6 Å². The van der Waals surface area contributed by atoms with Crippen molar-refractivity contribution in [2.45, 2.75) is 129 Å². The Labute approximate surface area is 274 Å². The molecule has 0 aromatic carbocycles. The van der Waals surface area contributed by atoms with Crippen molar-refractivity contribution in [3.63, 3.8) is 0 Å². The molecule has 0 spiro atoms. The van der Waals surface area contributed by atoms with Gasteiger partial charge in [0.2, 0.25) is 0 Å². The van der Waals surface area contributed by atoms with Gasteiger partial charge in [-0.1, -0.05) is 26.8 Å². The van der Waals surface area contributed by atoms with Crippen LogP contribution in [0.15, 0.2) is 11.6 Å². The topological polar surface area (TPSA) is 140 Å². The van der Waals surface area contributed by atoms with E-state index in [4.69, 9.17) is 5.73 Å². The number of carboxylic acids is 1. The zero-order valence-corrected chi connectivity index (χ0v) is 29.0. The average Bonchev–Trinajstić information content (AvgIpc) is 3.37. The van der Waals surface area contributed by atoms with E-state index in [1.807, 2.05) is 6.08 Å². The van der Waals surface area contributed by atoms with Crippen molar-refractivity contribution < 1.29 is 20.1 Å². The Bertz CT molecular complexity index is 963. The largest absolute Gasteiger partial charge is 0.478 e. The number of aliphatic hydroxyl groups excluding tert-OH is 2. The second kappa shape index (κ2) is 16.9. The molecular weight excluding hydrogens is 564 g/mol. The third kappa shape index (κ3) is 8.53. The van der Waals surface area contributed by atoms with Gasteiger partial charge in [-0.15, -0.1) is 0 Å². The fourth-order valence-electron chi connectivity index (χ4n) is 10.7. The average molecular weight is 633 g/mol. The second-order valence-corrected chi connectivity index (χ2v) is 16.0. The van der Waals surface area contributed by atoms with Gasteiger partial charge in [0.05, 0.1) is 12.2 Å². The fraction of sp³-hybridized carbons (Fsp3) is 0.919. The van der Waals surface area contributed by atoms with Crippen molar-refractivity contribution in [2.75, 3.05) is 39.3 Å². The van der Waals surface area contributed by atoms with Gasteiger partial charge in [-0.05, 0) is 176 Å². The van der Waals surface area contributed by atoms with Crippen molar-refractivity contribution in [1.29, 1.82) is 0 Å². The molecule has 260 valence electrons. The monoisotopic (exact) mass is 633 g/mol. The van der Waals surface area contributed by atoms with Gasteiger partial charge < -0.3 is 37.0 Å². The van der Waals surface area contributed by atoms with Crippen LogP contribution >= 0.6 is 0 Å². The number of rotatable bonds is 18. The number of hydrogen-bond donors (Lipinski definition) is 7. The lowest BCUT2D eigenvalue weighted by molar-refractivity contribution is -0.202. The predicted octanol–water partition coefficient (Wildman–Crippen LogP) is 4.69. The Morgan fingerprint density at radius 2 is 1.62 bits per heavy atom. The molecule has 8 nitrogen and oxygen atoms in total. The molecule has 0 aromatic rings. The molecule has 0 saturated heterocycles. The molecule has 4 aliphatic carbocycles. The van der Waals surface area contributed by atoms with Gasteiger partial charge >= 0.3 is 5.97 Å². The van der Waals surface area contributed by atoms with Crippen LogP contribution in [0.1, 0.15) is 111 Å². The fourth-order valence-corrected chi connectivity index (χ4v) is 10.7. The Kier molecular flexibility index (Phi) is 13.8. The second-order valence-electron chi connectivity index (χ2n) is 16.0. The molecule has 4 rings (SSSR count). The number of nitrogens with one attached hydrogen (secondary N) is 3. The van der Waals surface area contributed by atoms with Gasteiger partial charge in [0.1, 0.15) is 0 Å². The maximum absolute atomic E-state index is 11.9. The van der Waals surface area contributed by atoms with Crippen LogP contribution in [0.25, 0.3) is 0 Å². The Hall–Kier alpha value is -1.03. The molecule has 4 fully saturated rings. The van der Waals surface area contributed by atoms with Crippen molar-refractivity contribution in [2.24, 2.45) is 52.1 Å². The number of hydrogen-bond acceptors (Lipinski definition) is 7. The van der Waals surface area contributed by atoms with E-state index in [0.29, 0.717) is 41.2 Å². The SMILES string of the molecule is C/C(=C\CC[C@@H](C)[C@H]1CCC2C3C(CC(O)[C@@]21C)[C@@]1(C)CC[C@H](NCCCNCCCCNCCCN)C[C@@H]1C[C@H]3O)C(=O)O. The zero-order valence-electron chi connectivity index (χ0n) is 29.0.